The maximum absolute atomic E-state index is 12.6. The molecule has 0 saturated heterocycles. The van der Waals surface area contributed by atoms with Gasteiger partial charge in [-0.05, 0) is 55.5 Å². The molecule has 3 aromatic rings. The fourth-order valence-corrected chi connectivity index (χ4v) is 4.19. The lowest BCUT2D eigenvalue weighted by Crippen LogP contribution is -2.25. The summed E-state index contributed by atoms with van der Waals surface area (Å²) in [5, 5.41) is 2.57. The summed E-state index contributed by atoms with van der Waals surface area (Å²) in [6.45, 7) is 1.62. The van der Waals surface area contributed by atoms with Crippen molar-refractivity contribution in [3.63, 3.8) is 0 Å². The molecule has 0 fully saturated rings. The molecule has 0 spiro atoms. The van der Waals surface area contributed by atoms with Crippen molar-refractivity contribution in [3.8, 4) is 10.7 Å². The van der Waals surface area contributed by atoms with Crippen molar-refractivity contribution in [2.45, 2.75) is 38.7 Å². The largest absolute Gasteiger partial charge is 0.454 e. The van der Waals surface area contributed by atoms with Crippen molar-refractivity contribution in [2.24, 2.45) is 0 Å². The van der Waals surface area contributed by atoms with Crippen molar-refractivity contribution in [3.05, 3.63) is 70.4 Å². The highest BCUT2D eigenvalue weighted by molar-refractivity contribution is 7.13. The van der Waals surface area contributed by atoms with Gasteiger partial charge in [0.2, 0.25) is 5.78 Å². The highest BCUT2D eigenvalue weighted by atomic mass is 32.1. The molecule has 6 heteroatoms. The van der Waals surface area contributed by atoms with Gasteiger partial charge < -0.3 is 4.74 Å². The van der Waals surface area contributed by atoms with Gasteiger partial charge in [0.1, 0.15) is 5.01 Å². The molecule has 28 heavy (non-hydrogen) atoms. The molecule has 1 aromatic carbocycles. The van der Waals surface area contributed by atoms with Crippen LogP contribution in [0.4, 0.5) is 0 Å². The van der Waals surface area contributed by atoms with Crippen molar-refractivity contribution in [1.82, 2.24) is 9.97 Å². The van der Waals surface area contributed by atoms with Crippen LogP contribution in [0.5, 0.6) is 0 Å². The summed E-state index contributed by atoms with van der Waals surface area (Å²) in [7, 11) is 0. The summed E-state index contributed by atoms with van der Waals surface area (Å²) in [5.74, 6) is -0.629. The van der Waals surface area contributed by atoms with Crippen molar-refractivity contribution >= 4 is 23.1 Å². The second kappa shape index (κ2) is 8.02. The molecule has 1 aliphatic rings. The molecule has 0 N–H and O–H groups in total. The number of esters is 1. The first-order chi connectivity index (χ1) is 13.6. The fourth-order valence-electron chi connectivity index (χ4n) is 3.40. The minimum Gasteiger partial charge on any atom is -0.454 e. The number of carbonyl (C=O) groups excluding carboxylic acids is 2. The lowest BCUT2D eigenvalue weighted by Gasteiger charge is -2.13. The average Bonchev–Trinajstić information content (AvgIpc) is 3.36. The molecule has 1 atom stereocenters. The van der Waals surface area contributed by atoms with Gasteiger partial charge in [0.25, 0.3) is 0 Å². The third-order valence-corrected chi connectivity index (χ3v) is 5.74. The molecule has 142 valence electrons. The molecule has 4 rings (SSSR count). The topological polar surface area (TPSA) is 69.2 Å². The molecule has 5 nitrogen and oxygen atoms in total. The van der Waals surface area contributed by atoms with Crippen molar-refractivity contribution < 1.29 is 14.3 Å². The average molecular weight is 392 g/mol. The Morgan fingerprint density at radius 2 is 2.04 bits per heavy atom. The zero-order valence-corrected chi connectivity index (χ0v) is 16.4. The summed E-state index contributed by atoms with van der Waals surface area (Å²) < 4.78 is 5.37. The number of aromatic nitrogens is 2. The number of carbonyl (C=O) groups is 2. The van der Waals surface area contributed by atoms with Crippen molar-refractivity contribution in [1.29, 1.82) is 0 Å². The smallest absolute Gasteiger partial charge is 0.312 e. The van der Waals surface area contributed by atoms with E-state index in [4.69, 9.17) is 4.74 Å². The van der Waals surface area contributed by atoms with Crippen LogP contribution in [0.2, 0.25) is 0 Å². The number of fused-ring (bicyclic) bond motifs is 1. The molecule has 0 amide bonds. The molecular formula is C22H20N2O3S. The molecule has 1 unspecified atom stereocenters. The summed E-state index contributed by atoms with van der Waals surface area (Å²) >= 11 is 1.43. The number of rotatable bonds is 6. The molecule has 0 aliphatic heterocycles. The van der Waals surface area contributed by atoms with Crippen LogP contribution in [0.15, 0.2) is 48.0 Å². The number of benzene rings is 1. The summed E-state index contributed by atoms with van der Waals surface area (Å²) in [6, 6.07) is 11.4. The predicted molar refractivity (Wildman–Crippen MR) is 107 cm³/mol. The maximum atomic E-state index is 12.6. The Hall–Kier alpha value is -2.86. The third-order valence-electron chi connectivity index (χ3n) is 4.82. The monoisotopic (exact) mass is 392 g/mol. The minimum absolute atomic E-state index is 0.0329. The lowest BCUT2D eigenvalue weighted by molar-refractivity contribution is -0.145. The second-order valence-electron chi connectivity index (χ2n) is 6.87. The lowest BCUT2D eigenvalue weighted by atomic mass is 10.0. The van der Waals surface area contributed by atoms with Crippen LogP contribution in [0.25, 0.3) is 10.7 Å². The van der Waals surface area contributed by atoms with Gasteiger partial charge >= 0.3 is 5.97 Å². The number of ketones is 1. The highest BCUT2D eigenvalue weighted by Gasteiger charge is 2.22. The van der Waals surface area contributed by atoms with E-state index in [1.807, 2.05) is 41.8 Å². The number of pyridine rings is 1. The molecule has 0 radical (unpaired) electrons. The van der Waals surface area contributed by atoms with E-state index in [2.05, 4.69) is 9.97 Å². The molecule has 0 saturated carbocycles. The Kier molecular flexibility index (Phi) is 5.30. The van der Waals surface area contributed by atoms with E-state index in [9.17, 15) is 9.59 Å². The Morgan fingerprint density at radius 1 is 1.18 bits per heavy atom. The minimum atomic E-state index is -0.819. The van der Waals surface area contributed by atoms with E-state index in [-0.39, 0.29) is 12.2 Å². The van der Waals surface area contributed by atoms with Gasteiger partial charge in [-0.2, -0.15) is 0 Å². The van der Waals surface area contributed by atoms with E-state index < -0.39 is 12.1 Å². The van der Waals surface area contributed by atoms with Crippen LogP contribution in [-0.2, 0) is 28.8 Å². The fraction of sp³-hybridized carbons (Fsp3) is 0.273. The third kappa shape index (κ3) is 4.02. The number of Topliss-reactive ketones (excluding diaryl/α,β-unsaturated/α-hetero) is 1. The van der Waals surface area contributed by atoms with E-state index in [0.29, 0.717) is 11.3 Å². The second-order valence-corrected chi connectivity index (χ2v) is 7.73. The van der Waals surface area contributed by atoms with Gasteiger partial charge in [0.15, 0.2) is 6.10 Å². The number of thiazole rings is 1. The van der Waals surface area contributed by atoms with Crippen LogP contribution in [0.1, 0.15) is 40.5 Å². The van der Waals surface area contributed by atoms with Crippen LogP contribution in [0, 0.1) is 0 Å². The van der Waals surface area contributed by atoms with Crippen molar-refractivity contribution in [2.75, 3.05) is 0 Å². The molecular weight excluding hydrogens is 372 g/mol. The summed E-state index contributed by atoms with van der Waals surface area (Å²) in [6.07, 6.45) is 4.13. The highest BCUT2D eigenvalue weighted by Crippen LogP contribution is 2.24. The van der Waals surface area contributed by atoms with E-state index in [0.717, 1.165) is 30.0 Å². The standard InChI is InChI=1S/C22H20N2O3S/c1-14(21(26)17-9-8-15-5-4-6-16(15)11-17)27-20(25)12-18-13-28-22(24-18)19-7-2-3-10-23-19/h2-3,7-11,13-14H,4-6,12H2,1H3. The van der Waals surface area contributed by atoms with Gasteiger partial charge in [-0.1, -0.05) is 18.2 Å². The Morgan fingerprint density at radius 3 is 2.86 bits per heavy atom. The van der Waals surface area contributed by atoms with E-state index in [1.54, 1.807) is 13.1 Å². The van der Waals surface area contributed by atoms with Crippen LogP contribution < -0.4 is 0 Å². The predicted octanol–water partition coefficient (Wildman–Crippen LogP) is 4.05. The van der Waals surface area contributed by atoms with E-state index >= 15 is 0 Å². The zero-order chi connectivity index (χ0) is 19.5. The molecule has 1 aliphatic carbocycles. The molecule has 0 bridgehead atoms. The van der Waals surface area contributed by atoms with Gasteiger partial charge in [0.05, 0.1) is 17.8 Å². The number of aryl methyl sites for hydroxylation is 2. The van der Waals surface area contributed by atoms with Gasteiger partial charge in [-0.3, -0.25) is 14.6 Å². The first-order valence-electron chi connectivity index (χ1n) is 9.31. The van der Waals surface area contributed by atoms with Gasteiger partial charge in [-0.15, -0.1) is 11.3 Å². The number of nitrogens with zero attached hydrogens (tertiary/aromatic N) is 2. The number of ether oxygens (including phenoxy) is 1. The first-order valence-corrected chi connectivity index (χ1v) is 10.2. The van der Waals surface area contributed by atoms with E-state index in [1.165, 1.54) is 22.5 Å². The molecule has 2 aromatic heterocycles. The molecule has 2 heterocycles. The summed E-state index contributed by atoms with van der Waals surface area (Å²) in [4.78, 5) is 33.6. The van der Waals surface area contributed by atoms with Crippen LogP contribution in [-0.4, -0.2) is 27.8 Å². The van der Waals surface area contributed by atoms with Crippen LogP contribution in [0.3, 0.4) is 0 Å². The first kappa shape index (κ1) is 18.5. The normalized spacial score (nSPS) is 13.8. The number of hydrogen-bond acceptors (Lipinski definition) is 6. The quantitative estimate of drug-likeness (QED) is 0.468. The Labute approximate surface area is 167 Å². The zero-order valence-electron chi connectivity index (χ0n) is 15.6. The van der Waals surface area contributed by atoms with Gasteiger partial charge in [0, 0.05) is 17.1 Å². The van der Waals surface area contributed by atoms with Crippen LogP contribution >= 0.6 is 11.3 Å². The van der Waals surface area contributed by atoms with Gasteiger partial charge in [-0.25, -0.2) is 4.98 Å². The SMILES string of the molecule is CC(OC(=O)Cc1csc(-c2ccccn2)n1)C(=O)c1ccc2c(c1)CCC2. The Balaban J connectivity index is 1.37. The Bertz CT molecular complexity index is 1010. The maximum Gasteiger partial charge on any atom is 0.312 e. The summed E-state index contributed by atoms with van der Waals surface area (Å²) in [5.41, 5.74) is 4.54. The number of hydrogen-bond donors (Lipinski definition) is 0.